The number of likely N-dealkylation sites (tertiary alicyclic amines) is 1. The number of rotatable bonds is 9. The lowest BCUT2D eigenvalue weighted by Crippen LogP contribution is -2.42. The van der Waals surface area contributed by atoms with Crippen LogP contribution in [0.1, 0.15) is 81.9 Å². The number of aliphatic hydroxyl groups is 1. The van der Waals surface area contributed by atoms with E-state index in [-0.39, 0.29) is 24.4 Å². The van der Waals surface area contributed by atoms with E-state index >= 15 is 0 Å². The van der Waals surface area contributed by atoms with E-state index in [2.05, 4.69) is 15.5 Å². The predicted molar refractivity (Wildman–Crippen MR) is 142 cm³/mol. The summed E-state index contributed by atoms with van der Waals surface area (Å²) in [4.78, 5) is 45.4. The molecular weight excluding hydrogens is 581 g/mol. The van der Waals surface area contributed by atoms with Crippen LogP contribution in [0, 0.1) is 6.92 Å². The Morgan fingerprint density at radius 3 is 2.26 bits per heavy atom. The van der Waals surface area contributed by atoms with Gasteiger partial charge >= 0.3 is 24.1 Å². The zero-order valence-electron chi connectivity index (χ0n) is 23.8. The fraction of sp³-hybridized carbons (Fsp3) is 0.615. The van der Waals surface area contributed by atoms with E-state index in [4.69, 9.17) is 20.4 Å². The number of alkyl halides is 3. The molecule has 5 N–H and O–H groups in total. The third-order valence-electron chi connectivity index (χ3n) is 7.54. The third-order valence-corrected chi connectivity index (χ3v) is 7.54. The monoisotopic (exact) mass is 616 g/mol. The summed E-state index contributed by atoms with van der Waals surface area (Å²) in [5, 5.41) is 45.6. The second kappa shape index (κ2) is 13.0. The lowest BCUT2D eigenvalue weighted by molar-refractivity contribution is -0.173. The molecule has 238 valence electrons. The van der Waals surface area contributed by atoms with Gasteiger partial charge in [0, 0.05) is 30.5 Å². The van der Waals surface area contributed by atoms with Crippen molar-refractivity contribution in [2.75, 3.05) is 11.9 Å². The normalized spacial score (nSPS) is 20.8. The number of carbonyl (C=O) groups is 4. The highest BCUT2D eigenvalue weighted by Gasteiger charge is 2.47. The number of carbonyl (C=O) groups excluding carboxylic acids is 1. The van der Waals surface area contributed by atoms with Gasteiger partial charge < -0.3 is 30.6 Å². The minimum atomic E-state index is -4.37. The van der Waals surface area contributed by atoms with Gasteiger partial charge in [-0.25, -0.2) is 9.48 Å². The standard InChI is InChI=1S/C20H27F3N6O.C6H8O7/c1-4-14-10-17(20(21,22)23)29-18(25-14)11-15(26-29)16-6-5-9-27(16)19(30)13(3)28-12(2)7-8-24-28;7-3(8)1-6(13,5(11)12)2-4(9)10/h7-8,11,13-14,16-17,25H,4-6,9-10H2,1-3H3;13H,1-2H2,(H,7,8)(H,9,10)(H,11,12)/t13?,14-,16?,17-;/m1./s1. The molecule has 43 heavy (non-hydrogen) atoms. The maximum atomic E-state index is 13.7. The highest BCUT2D eigenvalue weighted by molar-refractivity contribution is 5.88. The molecule has 2 aliphatic rings. The molecular formula is C26H35F3N6O8. The SMILES string of the molecule is CC[C@@H]1C[C@H](C(F)(F)F)n2nc(C3CCCN3C(=O)C(C)n3nccc3C)cc2N1.O=C(O)CC(O)(CC(=O)O)C(=O)O. The van der Waals surface area contributed by atoms with E-state index in [9.17, 15) is 32.3 Å². The van der Waals surface area contributed by atoms with E-state index in [0.29, 0.717) is 30.9 Å². The smallest absolute Gasteiger partial charge is 0.410 e. The highest BCUT2D eigenvalue weighted by atomic mass is 19.4. The van der Waals surface area contributed by atoms with Gasteiger partial charge in [-0.1, -0.05) is 6.92 Å². The second-order valence-corrected chi connectivity index (χ2v) is 10.7. The summed E-state index contributed by atoms with van der Waals surface area (Å²) in [5.74, 6) is -4.74. The average Bonchev–Trinajstić information content (AvgIpc) is 3.64. The van der Waals surface area contributed by atoms with Crippen molar-refractivity contribution in [3.63, 3.8) is 0 Å². The highest BCUT2D eigenvalue weighted by Crippen LogP contribution is 2.42. The van der Waals surface area contributed by atoms with Crippen LogP contribution >= 0.6 is 0 Å². The molecule has 1 amide bonds. The van der Waals surface area contributed by atoms with Gasteiger partial charge in [0.15, 0.2) is 11.6 Å². The maximum absolute atomic E-state index is 13.7. The summed E-state index contributed by atoms with van der Waals surface area (Å²) >= 11 is 0. The third kappa shape index (κ3) is 7.63. The second-order valence-electron chi connectivity index (χ2n) is 10.7. The molecule has 2 unspecified atom stereocenters. The van der Waals surface area contributed by atoms with Crippen LogP contribution < -0.4 is 5.32 Å². The van der Waals surface area contributed by atoms with E-state index < -0.39 is 54.6 Å². The number of carboxylic acid groups (broad SMARTS) is 3. The van der Waals surface area contributed by atoms with Crippen molar-refractivity contribution in [1.82, 2.24) is 24.5 Å². The molecule has 4 heterocycles. The first kappa shape index (κ1) is 33.4. The molecule has 0 saturated carbocycles. The zero-order chi connectivity index (χ0) is 32.3. The van der Waals surface area contributed by atoms with Crippen LogP contribution in [-0.4, -0.2) is 93.1 Å². The van der Waals surface area contributed by atoms with Crippen LogP contribution in [0.5, 0.6) is 0 Å². The molecule has 1 saturated heterocycles. The van der Waals surface area contributed by atoms with Crippen LogP contribution in [0.25, 0.3) is 0 Å². The van der Waals surface area contributed by atoms with Gasteiger partial charge in [0.25, 0.3) is 0 Å². The minimum absolute atomic E-state index is 0.0446. The quantitative estimate of drug-likeness (QED) is 0.277. The van der Waals surface area contributed by atoms with E-state index in [0.717, 1.165) is 16.8 Å². The molecule has 0 spiro atoms. The van der Waals surface area contributed by atoms with Crippen LogP contribution in [0.15, 0.2) is 18.3 Å². The Morgan fingerprint density at radius 1 is 1.14 bits per heavy atom. The number of aryl methyl sites for hydroxylation is 1. The van der Waals surface area contributed by atoms with Crippen molar-refractivity contribution in [2.45, 2.75) is 95.2 Å². The largest absolute Gasteiger partial charge is 0.481 e. The number of amides is 1. The molecule has 0 aromatic carbocycles. The predicted octanol–water partition coefficient (Wildman–Crippen LogP) is 2.76. The Bertz CT molecular complexity index is 1330. The van der Waals surface area contributed by atoms with Crippen molar-refractivity contribution >= 4 is 29.6 Å². The van der Waals surface area contributed by atoms with Gasteiger partial charge in [0.2, 0.25) is 5.91 Å². The molecule has 14 nitrogen and oxygen atoms in total. The van der Waals surface area contributed by atoms with Crippen LogP contribution in [0.4, 0.5) is 19.0 Å². The maximum Gasteiger partial charge on any atom is 0.410 e. The van der Waals surface area contributed by atoms with Crippen LogP contribution in [0.2, 0.25) is 0 Å². The number of nitrogens with zero attached hydrogens (tertiary/aromatic N) is 5. The molecule has 0 bridgehead atoms. The Labute approximate surface area is 244 Å². The summed E-state index contributed by atoms with van der Waals surface area (Å²) in [6.45, 7) is 6.11. The van der Waals surface area contributed by atoms with E-state index in [1.807, 2.05) is 19.9 Å². The first-order chi connectivity index (χ1) is 20.0. The Kier molecular flexibility index (Phi) is 10.1. The van der Waals surface area contributed by atoms with Crippen molar-refractivity contribution in [3.05, 3.63) is 29.7 Å². The summed E-state index contributed by atoms with van der Waals surface area (Å²) < 4.78 is 43.7. The topological polar surface area (TPSA) is 200 Å². The molecule has 0 radical (unpaired) electrons. The van der Waals surface area contributed by atoms with Crippen molar-refractivity contribution < 1.29 is 52.8 Å². The molecule has 17 heteroatoms. The number of aromatic nitrogens is 4. The van der Waals surface area contributed by atoms with E-state index in [1.165, 1.54) is 0 Å². The Hall–Kier alpha value is -4.15. The first-order valence-electron chi connectivity index (χ1n) is 13.6. The lowest BCUT2D eigenvalue weighted by atomic mass is 9.96. The lowest BCUT2D eigenvalue weighted by Gasteiger charge is -2.32. The number of aliphatic carboxylic acids is 3. The molecule has 2 aliphatic heterocycles. The summed E-state index contributed by atoms with van der Waals surface area (Å²) in [6.07, 6.45) is -2.98. The molecule has 2 aromatic heterocycles. The van der Waals surface area contributed by atoms with Gasteiger partial charge in [0.1, 0.15) is 11.9 Å². The number of halogens is 3. The fourth-order valence-corrected chi connectivity index (χ4v) is 5.28. The number of nitrogens with one attached hydrogen (secondary N) is 1. The summed E-state index contributed by atoms with van der Waals surface area (Å²) in [5.41, 5.74) is -1.34. The van der Waals surface area contributed by atoms with Gasteiger partial charge in [-0.3, -0.25) is 19.1 Å². The molecule has 4 atom stereocenters. The molecule has 2 aromatic rings. The number of hydrogen-bond donors (Lipinski definition) is 5. The summed E-state index contributed by atoms with van der Waals surface area (Å²) in [7, 11) is 0. The number of hydrogen-bond acceptors (Lipinski definition) is 8. The van der Waals surface area contributed by atoms with E-state index in [1.54, 1.807) is 28.8 Å². The van der Waals surface area contributed by atoms with Crippen LogP contribution in [0.3, 0.4) is 0 Å². The van der Waals surface area contributed by atoms with Gasteiger partial charge in [0.05, 0.1) is 24.6 Å². The fourth-order valence-electron chi connectivity index (χ4n) is 5.28. The average molecular weight is 617 g/mol. The first-order valence-corrected chi connectivity index (χ1v) is 13.6. The van der Waals surface area contributed by atoms with Gasteiger partial charge in [-0.15, -0.1) is 0 Å². The Balaban J connectivity index is 0.000000331. The number of carboxylic acids is 3. The van der Waals surface area contributed by atoms with Crippen molar-refractivity contribution in [2.24, 2.45) is 0 Å². The Morgan fingerprint density at radius 2 is 1.77 bits per heavy atom. The molecule has 4 rings (SSSR count). The summed E-state index contributed by atoms with van der Waals surface area (Å²) in [6, 6.07) is 0.803. The minimum Gasteiger partial charge on any atom is -0.481 e. The number of anilines is 1. The van der Waals surface area contributed by atoms with Crippen molar-refractivity contribution in [1.29, 1.82) is 0 Å². The number of fused-ring (bicyclic) bond motifs is 1. The van der Waals surface area contributed by atoms with Gasteiger partial charge in [-0.2, -0.15) is 23.4 Å². The molecule has 1 fully saturated rings. The van der Waals surface area contributed by atoms with Gasteiger partial charge in [-0.05, 0) is 45.6 Å². The van der Waals surface area contributed by atoms with Crippen LogP contribution in [-0.2, 0) is 19.2 Å². The van der Waals surface area contributed by atoms with Crippen molar-refractivity contribution in [3.8, 4) is 0 Å². The molecule has 0 aliphatic carbocycles. The zero-order valence-corrected chi connectivity index (χ0v) is 23.8.